The lowest BCUT2D eigenvalue weighted by Gasteiger charge is -2.30. The van der Waals surface area contributed by atoms with E-state index in [9.17, 15) is 9.90 Å². The average molecular weight is 410 g/mol. The van der Waals surface area contributed by atoms with Crippen molar-refractivity contribution in [3.05, 3.63) is 31.8 Å². The molecule has 1 heterocycles. The summed E-state index contributed by atoms with van der Waals surface area (Å²) < 4.78 is 1.88. The van der Waals surface area contributed by atoms with E-state index in [2.05, 4.69) is 38.5 Å². The lowest BCUT2D eigenvalue weighted by atomic mass is 10.1. The van der Waals surface area contributed by atoms with Crippen molar-refractivity contribution in [1.82, 2.24) is 4.90 Å². The van der Waals surface area contributed by atoms with Crippen LogP contribution in [0.25, 0.3) is 0 Å². The number of halogens is 2. The van der Waals surface area contributed by atoms with Gasteiger partial charge in [-0.1, -0.05) is 0 Å². The summed E-state index contributed by atoms with van der Waals surface area (Å²) in [5.74, 6) is 0.0438. The molecule has 1 aromatic rings. The maximum atomic E-state index is 12.3. The first-order valence-corrected chi connectivity index (χ1v) is 7.37. The number of carbonyl (C=O) groups excluding carboxylic acids is 1. The zero-order valence-electron chi connectivity index (χ0n) is 9.20. The van der Waals surface area contributed by atoms with Gasteiger partial charge in [0.05, 0.1) is 11.7 Å². The van der Waals surface area contributed by atoms with Crippen LogP contribution in [0.15, 0.2) is 22.7 Å². The molecule has 1 N–H and O–H groups in total. The Kier molecular flexibility index (Phi) is 4.43. The highest BCUT2D eigenvalue weighted by molar-refractivity contribution is 14.1. The minimum atomic E-state index is -0.251. The largest absolute Gasteiger partial charge is 0.393 e. The Morgan fingerprint density at radius 1 is 1.41 bits per heavy atom. The molecule has 0 saturated carbocycles. The van der Waals surface area contributed by atoms with Crippen LogP contribution in [-0.2, 0) is 0 Å². The van der Waals surface area contributed by atoms with Gasteiger partial charge in [0.15, 0.2) is 0 Å². The standard InChI is InChI=1S/C12H13BrINO2/c13-11-2-1-8(14)7-10(11)12(17)15-5-3-9(16)4-6-15/h1-2,7,9,16H,3-6H2. The second-order valence-corrected chi connectivity index (χ2v) is 6.25. The maximum Gasteiger partial charge on any atom is 0.255 e. The molecule has 1 fully saturated rings. The zero-order chi connectivity index (χ0) is 12.4. The molecule has 0 atom stereocenters. The molecule has 3 nitrogen and oxygen atoms in total. The summed E-state index contributed by atoms with van der Waals surface area (Å²) in [7, 11) is 0. The predicted molar refractivity (Wildman–Crippen MR) is 78.0 cm³/mol. The van der Waals surface area contributed by atoms with Crippen LogP contribution in [0.1, 0.15) is 23.2 Å². The van der Waals surface area contributed by atoms with Crippen LogP contribution in [0.5, 0.6) is 0 Å². The highest BCUT2D eigenvalue weighted by Crippen LogP contribution is 2.22. The molecule has 0 spiro atoms. The van der Waals surface area contributed by atoms with E-state index < -0.39 is 0 Å². The van der Waals surface area contributed by atoms with E-state index in [0.717, 1.165) is 8.04 Å². The van der Waals surface area contributed by atoms with Gasteiger partial charge < -0.3 is 10.0 Å². The molecule has 0 bridgehead atoms. The van der Waals surface area contributed by atoms with Gasteiger partial charge in [-0.15, -0.1) is 0 Å². The molecule has 1 aromatic carbocycles. The number of nitrogens with zero attached hydrogens (tertiary/aromatic N) is 1. The Morgan fingerprint density at radius 2 is 2.06 bits per heavy atom. The molecule has 1 saturated heterocycles. The van der Waals surface area contributed by atoms with Gasteiger partial charge in [0.1, 0.15) is 0 Å². The molecule has 1 aliphatic heterocycles. The normalized spacial score (nSPS) is 17.2. The van der Waals surface area contributed by atoms with E-state index in [1.807, 2.05) is 23.1 Å². The Balaban J connectivity index is 2.16. The van der Waals surface area contributed by atoms with Crippen LogP contribution in [0, 0.1) is 3.57 Å². The fourth-order valence-electron chi connectivity index (χ4n) is 1.90. The van der Waals surface area contributed by atoms with Gasteiger partial charge in [-0.05, 0) is 69.6 Å². The van der Waals surface area contributed by atoms with Gasteiger partial charge in [0.25, 0.3) is 5.91 Å². The zero-order valence-corrected chi connectivity index (χ0v) is 12.9. The summed E-state index contributed by atoms with van der Waals surface area (Å²) in [6.07, 6.45) is 1.10. The number of benzene rings is 1. The monoisotopic (exact) mass is 409 g/mol. The molecule has 0 aromatic heterocycles. The van der Waals surface area contributed by atoms with E-state index in [-0.39, 0.29) is 12.0 Å². The van der Waals surface area contributed by atoms with Crippen molar-refractivity contribution in [3.8, 4) is 0 Å². The molecule has 0 radical (unpaired) electrons. The number of hydrogen-bond acceptors (Lipinski definition) is 2. The third kappa shape index (κ3) is 3.20. The molecule has 0 aliphatic carbocycles. The molecule has 17 heavy (non-hydrogen) atoms. The first-order chi connectivity index (χ1) is 8.08. The fourth-order valence-corrected chi connectivity index (χ4v) is 2.81. The van der Waals surface area contributed by atoms with Crippen molar-refractivity contribution in [3.63, 3.8) is 0 Å². The van der Waals surface area contributed by atoms with Gasteiger partial charge in [-0.25, -0.2) is 0 Å². The molecule has 1 aliphatic rings. The van der Waals surface area contributed by atoms with Crippen LogP contribution in [0.2, 0.25) is 0 Å². The number of likely N-dealkylation sites (tertiary alicyclic amines) is 1. The van der Waals surface area contributed by atoms with Crippen LogP contribution in [0.4, 0.5) is 0 Å². The van der Waals surface area contributed by atoms with Crippen LogP contribution in [0.3, 0.4) is 0 Å². The Hall–Kier alpha value is -0.140. The molecule has 1 amide bonds. The average Bonchev–Trinajstić information content (AvgIpc) is 2.32. The summed E-state index contributed by atoms with van der Waals surface area (Å²) in [6.45, 7) is 1.27. The lowest BCUT2D eigenvalue weighted by molar-refractivity contribution is 0.0545. The third-order valence-electron chi connectivity index (χ3n) is 2.91. The van der Waals surface area contributed by atoms with Gasteiger partial charge in [-0.2, -0.15) is 0 Å². The Morgan fingerprint density at radius 3 is 2.71 bits per heavy atom. The number of hydrogen-bond donors (Lipinski definition) is 1. The van der Waals surface area contributed by atoms with Gasteiger partial charge >= 0.3 is 0 Å². The van der Waals surface area contributed by atoms with Crippen molar-refractivity contribution in [1.29, 1.82) is 0 Å². The summed E-state index contributed by atoms with van der Waals surface area (Å²) in [5.41, 5.74) is 0.702. The fraction of sp³-hybridized carbons (Fsp3) is 0.417. The molecular weight excluding hydrogens is 397 g/mol. The second kappa shape index (κ2) is 5.67. The molecule has 0 unspecified atom stereocenters. The van der Waals surface area contributed by atoms with Gasteiger partial charge in [0, 0.05) is 21.1 Å². The number of carbonyl (C=O) groups is 1. The maximum absolute atomic E-state index is 12.3. The van der Waals surface area contributed by atoms with E-state index >= 15 is 0 Å². The molecule has 92 valence electrons. The number of piperidine rings is 1. The molecule has 5 heteroatoms. The van der Waals surface area contributed by atoms with E-state index in [1.54, 1.807) is 0 Å². The SMILES string of the molecule is O=C(c1cc(I)ccc1Br)N1CCC(O)CC1. The smallest absolute Gasteiger partial charge is 0.255 e. The van der Waals surface area contributed by atoms with E-state index in [4.69, 9.17) is 0 Å². The summed E-state index contributed by atoms with van der Waals surface area (Å²) in [4.78, 5) is 14.1. The highest BCUT2D eigenvalue weighted by Gasteiger charge is 2.23. The van der Waals surface area contributed by atoms with Crippen molar-refractivity contribution in [2.24, 2.45) is 0 Å². The van der Waals surface area contributed by atoms with Crippen molar-refractivity contribution >= 4 is 44.4 Å². The lowest BCUT2D eigenvalue weighted by Crippen LogP contribution is -2.40. The minimum Gasteiger partial charge on any atom is -0.393 e. The summed E-state index contributed by atoms with van der Waals surface area (Å²) >= 11 is 5.61. The Labute approximate surface area is 122 Å². The predicted octanol–water partition coefficient (Wildman–Crippen LogP) is 2.65. The van der Waals surface area contributed by atoms with Crippen molar-refractivity contribution in [2.75, 3.05) is 13.1 Å². The Bertz CT molecular complexity index is 431. The molecular formula is C12H13BrINO2. The quantitative estimate of drug-likeness (QED) is 0.724. The van der Waals surface area contributed by atoms with Gasteiger partial charge in [-0.3, -0.25) is 4.79 Å². The number of aliphatic hydroxyl groups is 1. The van der Waals surface area contributed by atoms with Crippen molar-refractivity contribution < 1.29 is 9.90 Å². The van der Waals surface area contributed by atoms with Crippen LogP contribution < -0.4 is 0 Å². The first-order valence-electron chi connectivity index (χ1n) is 5.50. The summed E-state index contributed by atoms with van der Waals surface area (Å²) in [6, 6.07) is 5.74. The second-order valence-electron chi connectivity index (χ2n) is 4.15. The number of rotatable bonds is 1. The number of amides is 1. The van der Waals surface area contributed by atoms with Crippen molar-refractivity contribution in [2.45, 2.75) is 18.9 Å². The van der Waals surface area contributed by atoms with Gasteiger partial charge in [0.2, 0.25) is 0 Å². The van der Waals surface area contributed by atoms with E-state index in [1.165, 1.54) is 0 Å². The van der Waals surface area contributed by atoms with E-state index in [0.29, 0.717) is 31.5 Å². The number of aliphatic hydroxyl groups excluding tert-OH is 1. The van der Waals surface area contributed by atoms with Crippen LogP contribution >= 0.6 is 38.5 Å². The molecule has 2 rings (SSSR count). The summed E-state index contributed by atoms with van der Waals surface area (Å²) in [5, 5.41) is 9.43. The topological polar surface area (TPSA) is 40.5 Å². The first kappa shape index (κ1) is 13.3. The highest BCUT2D eigenvalue weighted by atomic mass is 127. The third-order valence-corrected chi connectivity index (χ3v) is 4.27. The van der Waals surface area contributed by atoms with Crippen LogP contribution in [-0.4, -0.2) is 35.1 Å². The minimum absolute atomic E-state index is 0.0438.